The molecule has 0 radical (unpaired) electrons. The molecule has 0 aliphatic heterocycles. The van der Waals surface area contributed by atoms with Crippen LogP contribution < -0.4 is 19.5 Å². The van der Waals surface area contributed by atoms with E-state index in [9.17, 15) is 9.59 Å². The van der Waals surface area contributed by atoms with Gasteiger partial charge in [-0.15, -0.1) is 0 Å². The lowest BCUT2D eigenvalue weighted by molar-refractivity contribution is -0.144. The number of hydrogen-bond donors (Lipinski definition) is 1. The van der Waals surface area contributed by atoms with Gasteiger partial charge in [0.25, 0.3) is 5.91 Å². The molecule has 0 spiro atoms. The van der Waals surface area contributed by atoms with E-state index in [1.165, 1.54) is 33.5 Å². The van der Waals surface area contributed by atoms with Crippen molar-refractivity contribution in [2.24, 2.45) is 0 Å². The van der Waals surface area contributed by atoms with E-state index in [0.29, 0.717) is 17.2 Å². The molecule has 122 valence electrons. The summed E-state index contributed by atoms with van der Waals surface area (Å²) in [6, 6.07) is 2.26. The number of methoxy groups -OCH3 is 3. The van der Waals surface area contributed by atoms with E-state index in [-0.39, 0.29) is 12.2 Å². The van der Waals surface area contributed by atoms with Crippen LogP contribution in [0.25, 0.3) is 0 Å². The Bertz CT molecular complexity index is 518. The highest BCUT2D eigenvalue weighted by molar-refractivity contribution is 5.97. The molecule has 0 heterocycles. The van der Waals surface area contributed by atoms with Crippen molar-refractivity contribution in [3.8, 4) is 17.2 Å². The van der Waals surface area contributed by atoms with Crippen LogP contribution in [0.2, 0.25) is 0 Å². The fourth-order valence-corrected chi connectivity index (χ4v) is 1.82. The van der Waals surface area contributed by atoms with Crippen molar-refractivity contribution in [1.82, 2.24) is 5.32 Å². The van der Waals surface area contributed by atoms with Crippen LogP contribution in [0, 0.1) is 0 Å². The van der Waals surface area contributed by atoms with Gasteiger partial charge >= 0.3 is 5.97 Å². The lowest BCUT2D eigenvalue weighted by Crippen LogP contribution is -2.39. The molecule has 1 aromatic carbocycles. The maximum atomic E-state index is 12.2. The van der Waals surface area contributed by atoms with Crippen LogP contribution in [0.15, 0.2) is 12.1 Å². The average Bonchev–Trinajstić information content (AvgIpc) is 2.53. The van der Waals surface area contributed by atoms with Crippen LogP contribution in [0.5, 0.6) is 17.2 Å². The van der Waals surface area contributed by atoms with Crippen LogP contribution in [0.4, 0.5) is 0 Å². The van der Waals surface area contributed by atoms with Gasteiger partial charge in [-0.1, -0.05) is 0 Å². The van der Waals surface area contributed by atoms with Crippen molar-refractivity contribution in [1.29, 1.82) is 0 Å². The molecule has 0 aromatic heterocycles. The molecular weight excluding hydrogens is 290 g/mol. The van der Waals surface area contributed by atoms with E-state index < -0.39 is 17.9 Å². The Kier molecular flexibility index (Phi) is 6.49. The predicted octanol–water partition coefficient (Wildman–Crippen LogP) is 1.39. The number of benzene rings is 1. The average molecular weight is 311 g/mol. The maximum Gasteiger partial charge on any atom is 0.328 e. The molecule has 0 aliphatic carbocycles. The number of amides is 1. The van der Waals surface area contributed by atoms with Crippen molar-refractivity contribution in [3.05, 3.63) is 17.7 Å². The Morgan fingerprint density at radius 3 is 2.05 bits per heavy atom. The molecule has 0 saturated carbocycles. The molecular formula is C15H21NO6. The van der Waals surface area contributed by atoms with E-state index in [1.807, 2.05) is 0 Å². The number of hydrogen-bond acceptors (Lipinski definition) is 6. The zero-order valence-electron chi connectivity index (χ0n) is 13.4. The summed E-state index contributed by atoms with van der Waals surface area (Å²) in [5.41, 5.74) is 0.283. The number of carbonyl (C=O) groups excluding carboxylic acids is 2. The maximum absolute atomic E-state index is 12.2. The minimum absolute atomic E-state index is 0.253. The second kappa shape index (κ2) is 8.11. The van der Waals surface area contributed by atoms with E-state index >= 15 is 0 Å². The van der Waals surface area contributed by atoms with Crippen molar-refractivity contribution < 1.29 is 28.5 Å². The van der Waals surface area contributed by atoms with Crippen LogP contribution in [-0.2, 0) is 9.53 Å². The molecule has 1 unspecified atom stereocenters. The first-order chi connectivity index (χ1) is 10.5. The van der Waals surface area contributed by atoms with Crippen molar-refractivity contribution in [2.45, 2.75) is 19.9 Å². The lowest BCUT2D eigenvalue weighted by Gasteiger charge is -2.16. The van der Waals surface area contributed by atoms with E-state index in [0.717, 1.165) is 0 Å². The molecule has 0 saturated heterocycles. The molecule has 1 rings (SSSR count). The summed E-state index contributed by atoms with van der Waals surface area (Å²) in [4.78, 5) is 23.8. The van der Waals surface area contributed by atoms with Gasteiger partial charge in [0.1, 0.15) is 6.04 Å². The van der Waals surface area contributed by atoms with Crippen LogP contribution in [0.1, 0.15) is 24.2 Å². The number of nitrogens with one attached hydrogen (secondary N) is 1. The summed E-state index contributed by atoms with van der Waals surface area (Å²) in [5.74, 6) is 0.162. The van der Waals surface area contributed by atoms with Crippen molar-refractivity contribution >= 4 is 11.9 Å². The molecule has 7 nitrogen and oxygen atoms in total. The summed E-state index contributed by atoms with van der Waals surface area (Å²) in [7, 11) is 4.39. The summed E-state index contributed by atoms with van der Waals surface area (Å²) in [6.45, 7) is 3.50. The number of carbonyl (C=O) groups is 2. The third-order valence-corrected chi connectivity index (χ3v) is 2.91. The van der Waals surface area contributed by atoms with Gasteiger partial charge in [0, 0.05) is 5.56 Å². The number of rotatable bonds is 7. The van der Waals surface area contributed by atoms with Gasteiger partial charge in [0.15, 0.2) is 11.5 Å². The Balaban J connectivity index is 3.01. The quantitative estimate of drug-likeness (QED) is 0.766. The third kappa shape index (κ3) is 4.03. The molecule has 0 fully saturated rings. The molecule has 1 amide bonds. The highest BCUT2D eigenvalue weighted by Gasteiger charge is 2.21. The van der Waals surface area contributed by atoms with E-state index in [2.05, 4.69) is 5.32 Å². The third-order valence-electron chi connectivity index (χ3n) is 2.91. The summed E-state index contributed by atoms with van der Waals surface area (Å²) < 4.78 is 20.4. The Morgan fingerprint density at radius 1 is 1.09 bits per heavy atom. The van der Waals surface area contributed by atoms with Crippen molar-refractivity contribution in [3.63, 3.8) is 0 Å². The van der Waals surface area contributed by atoms with Gasteiger partial charge in [-0.2, -0.15) is 0 Å². The summed E-state index contributed by atoms with van der Waals surface area (Å²) >= 11 is 0. The second-order valence-corrected chi connectivity index (χ2v) is 4.36. The minimum atomic E-state index is -0.758. The SMILES string of the molecule is CCOC(=O)C(C)NC(=O)c1cc(OC)c(OC)c(OC)c1. The van der Waals surface area contributed by atoms with Gasteiger partial charge in [-0.3, -0.25) is 4.79 Å². The Hall–Kier alpha value is -2.44. The van der Waals surface area contributed by atoms with E-state index in [4.69, 9.17) is 18.9 Å². The zero-order valence-corrected chi connectivity index (χ0v) is 13.4. The molecule has 7 heteroatoms. The predicted molar refractivity (Wildman–Crippen MR) is 79.7 cm³/mol. The van der Waals surface area contributed by atoms with E-state index in [1.54, 1.807) is 13.8 Å². The van der Waals surface area contributed by atoms with Crippen LogP contribution in [0.3, 0.4) is 0 Å². The standard InChI is InChI=1S/C15H21NO6/c1-6-22-15(18)9(2)16-14(17)10-7-11(19-3)13(21-5)12(8-10)20-4/h7-9H,6H2,1-5H3,(H,16,17). The largest absolute Gasteiger partial charge is 0.493 e. The van der Waals surface area contributed by atoms with Crippen LogP contribution in [-0.4, -0.2) is 45.9 Å². The number of esters is 1. The molecule has 0 bridgehead atoms. The Morgan fingerprint density at radius 2 is 1.64 bits per heavy atom. The first-order valence-corrected chi connectivity index (χ1v) is 6.75. The van der Waals surface area contributed by atoms with Crippen molar-refractivity contribution in [2.75, 3.05) is 27.9 Å². The normalized spacial score (nSPS) is 11.3. The van der Waals surface area contributed by atoms with Gasteiger partial charge < -0.3 is 24.3 Å². The molecule has 0 aliphatic rings. The van der Waals surface area contributed by atoms with Gasteiger partial charge in [-0.25, -0.2) is 4.79 Å². The second-order valence-electron chi connectivity index (χ2n) is 4.36. The first kappa shape index (κ1) is 17.6. The first-order valence-electron chi connectivity index (χ1n) is 6.75. The molecule has 1 aromatic rings. The Labute approximate surface area is 129 Å². The minimum Gasteiger partial charge on any atom is -0.493 e. The smallest absolute Gasteiger partial charge is 0.328 e. The fraction of sp³-hybridized carbons (Fsp3) is 0.467. The zero-order chi connectivity index (χ0) is 16.7. The topological polar surface area (TPSA) is 83.1 Å². The fourth-order valence-electron chi connectivity index (χ4n) is 1.82. The summed E-state index contributed by atoms with van der Waals surface area (Å²) in [5, 5.41) is 2.56. The monoisotopic (exact) mass is 311 g/mol. The van der Waals surface area contributed by atoms with Gasteiger partial charge in [0.05, 0.1) is 27.9 Å². The highest BCUT2D eigenvalue weighted by Crippen LogP contribution is 2.38. The molecule has 22 heavy (non-hydrogen) atoms. The summed E-state index contributed by atoms with van der Waals surface area (Å²) in [6.07, 6.45) is 0. The lowest BCUT2D eigenvalue weighted by atomic mass is 10.1. The van der Waals surface area contributed by atoms with Crippen LogP contribution >= 0.6 is 0 Å². The van der Waals surface area contributed by atoms with Gasteiger partial charge in [-0.05, 0) is 26.0 Å². The highest BCUT2D eigenvalue weighted by atomic mass is 16.5. The van der Waals surface area contributed by atoms with Gasteiger partial charge in [0.2, 0.25) is 5.75 Å². The number of ether oxygens (including phenoxy) is 4. The molecule has 1 N–H and O–H groups in total. The molecule has 1 atom stereocenters.